The average Bonchev–Trinajstić information content (AvgIpc) is 2.12. The van der Waals surface area contributed by atoms with Crippen LogP contribution in [0.15, 0.2) is 0 Å². The van der Waals surface area contributed by atoms with E-state index >= 15 is 0 Å². The Morgan fingerprint density at radius 1 is 1.06 bits per heavy atom. The summed E-state index contributed by atoms with van der Waals surface area (Å²) in [7, 11) is 1.68. The molecule has 94 valence electrons. The molecular weight excluding hydrogens is 214 g/mol. The van der Waals surface area contributed by atoms with Crippen molar-refractivity contribution in [3.63, 3.8) is 0 Å². The van der Waals surface area contributed by atoms with Crippen molar-refractivity contribution in [2.45, 2.75) is 0 Å². The van der Waals surface area contributed by atoms with Crippen molar-refractivity contribution in [1.82, 2.24) is 9.80 Å². The number of carboxylic acids is 2. The van der Waals surface area contributed by atoms with Gasteiger partial charge in [0.15, 0.2) is 0 Å². The van der Waals surface area contributed by atoms with Crippen LogP contribution in [0, 0.1) is 0 Å². The van der Waals surface area contributed by atoms with Crippen LogP contribution < -0.4 is 5.73 Å². The average molecular weight is 233 g/mol. The van der Waals surface area contributed by atoms with Gasteiger partial charge in [-0.3, -0.25) is 19.4 Å². The van der Waals surface area contributed by atoms with Gasteiger partial charge in [-0.15, -0.1) is 0 Å². The third-order valence-electron chi connectivity index (χ3n) is 2.01. The zero-order valence-corrected chi connectivity index (χ0v) is 9.43. The van der Waals surface area contributed by atoms with E-state index in [0.29, 0.717) is 26.2 Å². The van der Waals surface area contributed by atoms with Crippen LogP contribution in [0.1, 0.15) is 0 Å². The number of nitrogens with two attached hydrogens (primary N) is 1. The minimum Gasteiger partial charge on any atom is -0.480 e. The van der Waals surface area contributed by atoms with Crippen LogP contribution in [0.2, 0.25) is 0 Å². The second kappa shape index (κ2) is 8.03. The topological polar surface area (TPSA) is 107 Å². The van der Waals surface area contributed by atoms with Crippen LogP contribution in [-0.4, -0.2) is 78.3 Å². The largest absolute Gasteiger partial charge is 0.480 e. The number of hydrogen-bond donors (Lipinski definition) is 3. The van der Waals surface area contributed by atoms with E-state index in [1.165, 1.54) is 0 Å². The van der Waals surface area contributed by atoms with Crippen molar-refractivity contribution in [3.8, 4) is 0 Å². The Bertz CT molecular complexity index is 235. The Hall–Kier alpha value is -1.18. The molecule has 0 fully saturated rings. The molecule has 0 radical (unpaired) electrons. The summed E-state index contributed by atoms with van der Waals surface area (Å²) in [6.07, 6.45) is 0. The van der Waals surface area contributed by atoms with Gasteiger partial charge in [0.25, 0.3) is 0 Å². The number of nitrogens with zero attached hydrogens (tertiary/aromatic N) is 2. The van der Waals surface area contributed by atoms with Crippen molar-refractivity contribution in [2.24, 2.45) is 5.73 Å². The summed E-state index contributed by atoms with van der Waals surface area (Å²) in [6, 6.07) is 0. The highest BCUT2D eigenvalue weighted by molar-refractivity contribution is 5.69. The molecule has 0 aromatic heterocycles. The van der Waals surface area contributed by atoms with E-state index in [1.54, 1.807) is 16.8 Å². The molecule has 0 rings (SSSR count). The number of carboxylic acid groups (broad SMARTS) is 2. The third kappa shape index (κ3) is 8.16. The molecule has 0 unspecified atom stereocenters. The molecule has 0 amide bonds. The van der Waals surface area contributed by atoms with Crippen molar-refractivity contribution < 1.29 is 19.8 Å². The quantitative estimate of drug-likeness (QED) is 0.438. The van der Waals surface area contributed by atoms with Gasteiger partial charge < -0.3 is 15.9 Å². The van der Waals surface area contributed by atoms with E-state index in [4.69, 9.17) is 15.9 Å². The first-order chi connectivity index (χ1) is 7.45. The van der Waals surface area contributed by atoms with Crippen molar-refractivity contribution >= 4 is 11.9 Å². The molecule has 0 aliphatic heterocycles. The number of carbonyl (C=O) groups is 2. The fourth-order valence-corrected chi connectivity index (χ4v) is 1.27. The van der Waals surface area contributed by atoms with Crippen LogP contribution in [0.5, 0.6) is 0 Å². The molecule has 0 aliphatic rings. The summed E-state index contributed by atoms with van der Waals surface area (Å²) in [5.74, 6) is -1.81. The molecule has 0 spiro atoms. The van der Waals surface area contributed by atoms with Gasteiger partial charge in [0.2, 0.25) is 0 Å². The van der Waals surface area contributed by atoms with E-state index in [2.05, 4.69) is 0 Å². The maximum Gasteiger partial charge on any atom is 0.317 e. The van der Waals surface area contributed by atoms with E-state index in [9.17, 15) is 9.59 Å². The summed E-state index contributed by atoms with van der Waals surface area (Å²) in [6.45, 7) is 1.75. The summed E-state index contributed by atoms with van der Waals surface area (Å²) in [5, 5.41) is 17.2. The lowest BCUT2D eigenvalue weighted by Gasteiger charge is -2.22. The second-order valence-corrected chi connectivity index (χ2v) is 3.59. The van der Waals surface area contributed by atoms with Gasteiger partial charge >= 0.3 is 11.9 Å². The normalized spacial score (nSPS) is 11.0. The summed E-state index contributed by atoms with van der Waals surface area (Å²) in [5.41, 5.74) is 5.35. The predicted octanol–water partition coefficient (Wildman–Crippen LogP) is -1.65. The molecule has 0 saturated carbocycles. The third-order valence-corrected chi connectivity index (χ3v) is 2.01. The fraction of sp³-hybridized carbons (Fsp3) is 0.778. The number of rotatable bonds is 9. The predicted molar refractivity (Wildman–Crippen MR) is 58.3 cm³/mol. The van der Waals surface area contributed by atoms with Crippen molar-refractivity contribution in [1.29, 1.82) is 0 Å². The first kappa shape index (κ1) is 14.8. The molecule has 16 heavy (non-hydrogen) atoms. The lowest BCUT2D eigenvalue weighted by molar-refractivity contribution is -0.139. The summed E-state index contributed by atoms with van der Waals surface area (Å²) in [4.78, 5) is 24.2. The van der Waals surface area contributed by atoms with Gasteiger partial charge in [0.05, 0.1) is 13.1 Å². The summed E-state index contributed by atoms with van der Waals surface area (Å²) < 4.78 is 0. The van der Waals surface area contributed by atoms with Crippen LogP contribution in [0.3, 0.4) is 0 Å². The van der Waals surface area contributed by atoms with Gasteiger partial charge in [-0.1, -0.05) is 0 Å². The summed E-state index contributed by atoms with van der Waals surface area (Å²) >= 11 is 0. The molecular formula is C9H19N3O4. The minimum atomic E-state index is -0.908. The van der Waals surface area contributed by atoms with Crippen LogP contribution in [-0.2, 0) is 9.59 Å². The highest BCUT2D eigenvalue weighted by atomic mass is 16.4. The van der Waals surface area contributed by atoms with Crippen LogP contribution in [0.4, 0.5) is 0 Å². The molecule has 7 nitrogen and oxygen atoms in total. The van der Waals surface area contributed by atoms with Gasteiger partial charge in [-0.25, -0.2) is 0 Å². The molecule has 0 aliphatic carbocycles. The van der Waals surface area contributed by atoms with Gasteiger partial charge in [-0.2, -0.15) is 0 Å². The Morgan fingerprint density at radius 2 is 1.62 bits per heavy atom. The molecule has 0 atom stereocenters. The van der Waals surface area contributed by atoms with Crippen molar-refractivity contribution in [3.05, 3.63) is 0 Å². The molecule has 0 saturated heterocycles. The molecule has 0 aromatic rings. The highest BCUT2D eigenvalue weighted by Gasteiger charge is 2.10. The molecule has 0 heterocycles. The van der Waals surface area contributed by atoms with Gasteiger partial charge in [0, 0.05) is 26.2 Å². The lowest BCUT2D eigenvalue weighted by Crippen LogP contribution is -2.40. The van der Waals surface area contributed by atoms with E-state index in [-0.39, 0.29) is 13.1 Å². The molecule has 0 bridgehead atoms. The van der Waals surface area contributed by atoms with E-state index in [1.807, 2.05) is 0 Å². The zero-order valence-electron chi connectivity index (χ0n) is 9.43. The van der Waals surface area contributed by atoms with Crippen LogP contribution in [0.25, 0.3) is 0 Å². The second-order valence-electron chi connectivity index (χ2n) is 3.59. The first-order valence-corrected chi connectivity index (χ1v) is 5.00. The Morgan fingerprint density at radius 3 is 2.06 bits per heavy atom. The monoisotopic (exact) mass is 233 g/mol. The first-order valence-electron chi connectivity index (χ1n) is 5.00. The number of likely N-dealkylation sites (N-methyl/N-ethyl adjacent to an activating group) is 1. The maximum atomic E-state index is 10.5. The van der Waals surface area contributed by atoms with Crippen LogP contribution >= 0.6 is 0 Å². The Kier molecular flexibility index (Phi) is 7.44. The highest BCUT2D eigenvalue weighted by Crippen LogP contribution is 1.90. The Labute approximate surface area is 94.4 Å². The van der Waals surface area contributed by atoms with E-state index < -0.39 is 11.9 Å². The minimum absolute atomic E-state index is 0.0520. The van der Waals surface area contributed by atoms with E-state index in [0.717, 1.165) is 0 Å². The van der Waals surface area contributed by atoms with Crippen molar-refractivity contribution in [2.75, 3.05) is 46.3 Å². The smallest absolute Gasteiger partial charge is 0.317 e. The maximum absolute atomic E-state index is 10.5. The van der Waals surface area contributed by atoms with Gasteiger partial charge in [-0.05, 0) is 7.05 Å². The number of hydrogen-bond acceptors (Lipinski definition) is 5. The zero-order chi connectivity index (χ0) is 12.6. The SMILES string of the molecule is CN(CCN(CCN)CC(=O)O)CC(=O)O. The fourth-order valence-electron chi connectivity index (χ4n) is 1.27. The lowest BCUT2D eigenvalue weighted by atomic mass is 10.4. The standard InChI is InChI=1S/C9H19N3O4/c1-11(6-8(13)14)4-5-12(3-2-10)7-9(15)16/h2-7,10H2,1H3,(H,13,14)(H,15,16). The Balaban J connectivity index is 3.90. The molecule has 7 heteroatoms. The molecule has 4 N–H and O–H groups in total. The van der Waals surface area contributed by atoms with Gasteiger partial charge in [0.1, 0.15) is 0 Å². The molecule has 0 aromatic carbocycles. The number of aliphatic carboxylic acids is 2.